The number of thiocarbonyl (C=S) groups is 1. The molecular formula is C21H17N3O3S2. The Labute approximate surface area is 177 Å². The average Bonchev–Trinajstić information content (AvgIpc) is 3.14. The van der Waals surface area contributed by atoms with Crippen LogP contribution in [0.2, 0.25) is 0 Å². The second-order valence-electron chi connectivity index (χ2n) is 6.71. The Morgan fingerprint density at radius 3 is 2.41 bits per heavy atom. The molecule has 2 aliphatic rings. The first-order chi connectivity index (χ1) is 13.9. The number of amides is 3. The smallest absolute Gasteiger partial charge is 0.267 e. The molecule has 0 aliphatic carbocycles. The molecule has 2 aromatic rings. The highest BCUT2D eigenvalue weighted by atomic mass is 32.2. The predicted molar refractivity (Wildman–Crippen MR) is 117 cm³/mol. The van der Waals surface area contributed by atoms with Gasteiger partial charge in [0.15, 0.2) is 0 Å². The normalized spacial score (nSPS) is 19.7. The fraction of sp³-hybridized carbons (Fsp3) is 0.143. The van der Waals surface area contributed by atoms with Gasteiger partial charge in [-0.05, 0) is 18.6 Å². The highest BCUT2D eigenvalue weighted by Gasteiger charge is 2.43. The summed E-state index contributed by atoms with van der Waals surface area (Å²) in [4.78, 5) is 41.0. The number of benzene rings is 2. The van der Waals surface area contributed by atoms with Crippen molar-refractivity contribution in [2.24, 2.45) is 5.73 Å². The van der Waals surface area contributed by atoms with Crippen LogP contribution >= 0.6 is 24.0 Å². The number of rotatable bonds is 4. The van der Waals surface area contributed by atoms with Crippen molar-refractivity contribution in [2.75, 3.05) is 11.4 Å². The molecule has 0 aromatic heterocycles. The van der Waals surface area contributed by atoms with Crippen molar-refractivity contribution in [3.63, 3.8) is 0 Å². The summed E-state index contributed by atoms with van der Waals surface area (Å²) in [5.74, 6) is -1.35. The number of primary amides is 1. The zero-order chi connectivity index (χ0) is 20.7. The van der Waals surface area contributed by atoms with E-state index in [4.69, 9.17) is 18.0 Å². The fourth-order valence-electron chi connectivity index (χ4n) is 3.56. The standard InChI is InChI=1S/C21H17N3O3S2/c1-12(13-7-3-2-4-8-13)24-20(27)18(29-21(24)28)17-14-9-5-6-10-15(14)23(19(17)26)11-16(22)25/h2-10,12H,11H2,1H3,(H2,22,25)/b18-17-/t12-/m1/s1. The van der Waals surface area contributed by atoms with Gasteiger partial charge in [0.25, 0.3) is 11.8 Å². The number of carbonyl (C=O) groups excluding carboxylic acids is 3. The van der Waals surface area contributed by atoms with Crippen LogP contribution in [0.15, 0.2) is 59.5 Å². The number of nitrogens with zero attached hydrogens (tertiary/aromatic N) is 2. The van der Waals surface area contributed by atoms with Crippen molar-refractivity contribution in [1.29, 1.82) is 0 Å². The molecule has 6 nitrogen and oxygen atoms in total. The van der Waals surface area contributed by atoms with Gasteiger partial charge < -0.3 is 5.73 Å². The molecule has 8 heteroatoms. The van der Waals surface area contributed by atoms with Gasteiger partial charge in [-0.15, -0.1) is 0 Å². The Kier molecular flexibility index (Phi) is 4.97. The summed E-state index contributed by atoms with van der Waals surface area (Å²) in [5.41, 5.74) is 7.70. The van der Waals surface area contributed by atoms with E-state index in [1.165, 1.54) is 9.80 Å². The van der Waals surface area contributed by atoms with E-state index in [-0.39, 0.29) is 29.0 Å². The Morgan fingerprint density at radius 1 is 1.07 bits per heavy atom. The molecule has 1 atom stereocenters. The van der Waals surface area contributed by atoms with Gasteiger partial charge in [-0.1, -0.05) is 72.5 Å². The Balaban J connectivity index is 1.78. The summed E-state index contributed by atoms with van der Waals surface area (Å²) in [6.07, 6.45) is 0. The quantitative estimate of drug-likeness (QED) is 0.604. The third kappa shape index (κ3) is 3.24. The van der Waals surface area contributed by atoms with E-state index in [2.05, 4.69) is 0 Å². The van der Waals surface area contributed by atoms with Gasteiger partial charge in [0, 0.05) is 5.56 Å². The minimum absolute atomic E-state index is 0.250. The zero-order valence-electron chi connectivity index (χ0n) is 15.5. The Bertz CT molecular complexity index is 1080. The fourth-order valence-corrected chi connectivity index (χ4v) is 5.05. The molecule has 0 unspecified atom stereocenters. The van der Waals surface area contributed by atoms with Gasteiger partial charge in [0.05, 0.1) is 22.2 Å². The van der Waals surface area contributed by atoms with Gasteiger partial charge >= 0.3 is 0 Å². The monoisotopic (exact) mass is 423 g/mol. The van der Waals surface area contributed by atoms with Gasteiger partial charge in [-0.3, -0.25) is 24.2 Å². The van der Waals surface area contributed by atoms with Crippen molar-refractivity contribution in [1.82, 2.24) is 4.90 Å². The number of hydrogen-bond acceptors (Lipinski definition) is 5. The minimum atomic E-state index is -0.625. The molecule has 4 rings (SSSR count). The van der Waals surface area contributed by atoms with Crippen LogP contribution in [-0.2, 0) is 14.4 Å². The summed E-state index contributed by atoms with van der Waals surface area (Å²) in [5, 5.41) is 0. The number of hydrogen-bond donors (Lipinski definition) is 1. The van der Waals surface area contributed by atoms with Crippen LogP contribution < -0.4 is 10.6 Å². The van der Waals surface area contributed by atoms with Crippen LogP contribution in [0, 0.1) is 0 Å². The van der Waals surface area contributed by atoms with E-state index in [1.54, 1.807) is 24.3 Å². The van der Waals surface area contributed by atoms with Gasteiger partial charge in [0.2, 0.25) is 5.91 Å². The molecule has 1 saturated heterocycles. The van der Waals surface area contributed by atoms with E-state index in [1.807, 2.05) is 37.3 Å². The lowest BCUT2D eigenvalue weighted by Crippen LogP contribution is -2.36. The van der Waals surface area contributed by atoms with Crippen LogP contribution in [0.1, 0.15) is 24.1 Å². The molecule has 2 aliphatic heterocycles. The van der Waals surface area contributed by atoms with Crippen LogP contribution in [0.5, 0.6) is 0 Å². The van der Waals surface area contributed by atoms with Crippen molar-refractivity contribution >= 4 is 57.3 Å². The first kappa shape index (κ1) is 19.4. The maximum Gasteiger partial charge on any atom is 0.267 e. The lowest BCUT2D eigenvalue weighted by Gasteiger charge is -2.23. The number of nitrogens with two attached hydrogens (primary N) is 1. The maximum absolute atomic E-state index is 13.3. The number of anilines is 1. The van der Waals surface area contributed by atoms with Crippen molar-refractivity contribution in [2.45, 2.75) is 13.0 Å². The topological polar surface area (TPSA) is 83.7 Å². The average molecular weight is 424 g/mol. The molecule has 2 N–H and O–H groups in total. The van der Waals surface area contributed by atoms with Crippen molar-refractivity contribution in [3.8, 4) is 0 Å². The Hall–Kier alpha value is -2.97. The zero-order valence-corrected chi connectivity index (χ0v) is 17.1. The molecule has 1 fully saturated rings. The lowest BCUT2D eigenvalue weighted by molar-refractivity contribution is -0.123. The highest BCUT2D eigenvalue weighted by molar-refractivity contribution is 8.26. The molecule has 29 heavy (non-hydrogen) atoms. The molecular weight excluding hydrogens is 406 g/mol. The van der Waals surface area contributed by atoms with E-state index < -0.39 is 11.8 Å². The number of carbonyl (C=O) groups is 3. The summed E-state index contributed by atoms with van der Waals surface area (Å²) in [6.45, 7) is 1.65. The first-order valence-corrected chi connectivity index (χ1v) is 10.2. The molecule has 2 heterocycles. The second kappa shape index (κ2) is 7.46. The van der Waals surface area contributed by atoms with E-state index in [0.717, 1.165) is 17.3 Å². The lowest BCUT2D eigenvalue weighted by atomic mass is 10.1. The van der Waals surface area contributed by atoms with Crippen LogP contribution in [0.25, 0.3) is 5.57 Å². The molecule has 146 valence electrons. The summed E-state index contributed by atoms with van der Waals surface area (Å²) in [7, 11) is 0. The largest absolute Gasteiger partial charge is 0.368 e. The summed E-state index contributed by atoms with van der Waals surface area (Å²) < 4.78 is 0.396. The maximum atomic E-state index is 13.3. The summed E-state index contributed by atoms with van der Waals surface area (Å²) >= 11 is 6.59. The molecule has 3 amide bonds. The van der Waals surface area contributed by atoms with Gasteiger partial charge in [0.1, 0.15) is 10.9 Å². The van der Waals surface area contributed by atoms with Gasteiger partial charge in [-0.2, -0.15) is 0 Å². The minimum Gasteiger partial charge on any atom is -0.368 e. The molecule has 2 aromatic carbocycles. The number of para-hydroxylation sites is 1. The molecule has 0 bridgehead atoms. The van der Waals surface area contributed by atoms with Crippen LogP contribution in [0.4, 0.5) is 5.69 Å². The number of fused-ring (bicyclic) bond motifs is 1. The number of thioether (sulfide) groups is 1. The van der Waals surface area contributed by atoms with Crippen LogP contribution in [0.3, 0.4) is 0 Å². The van der Waals surface area contributed by atoms with E-state index >= 15 is 0 Å². The SMILES string of the molecule is C[C@H](c1ccccc1)N1C(=O)/C(=C2/C(=O)N(CC(N)=O)c3ccccc32)SC1=S. The summed E-state index contributed by atoms with van der Waals surface area (Å²) in [6, 6.07) is 16.4. The van der Waals surface area contributed by atoms with Crippen molar-refractivity contribution < 1.29 is 14.4 Å². The third-order valence-corrected chi connectivity index (χ3v) is 6.33. The first-order valence-electron chi connectivity index (χ1n) is 8.94. The second-order valence-corrected chi connectivity index (χ2v) is 8.35. The molecule has 0 radical (unpaired) electrons. The van der Waals surface area contributed by atoms with E-state index in [0.29, 0.717) is 15.6 Å². The third-order valence-electron chi connectivity index (χ3n) is 4.93. The van der Waals surface area contributed by atoms with Gasteiger partial charge in [-0.25, -0.2) is 0 Å². The Morgan fingerprint density at radius 2 is 1.72 bits per heavy atom. The predicted octanol–water partition coefficient (Wildman–Crippen LogP) is 2.85. The molecule has 0 saturated carbocycles. The van der Waals surface area contributed by atoms with E-state index in [9.17, 15) is 14.4 Å². The molecule has 0 spiro atoms. The van der Waals surface area contributed by atoms with Crippen LogP contribution in [-0.4, -0.2) is 33.5 Å². The highest BCUT2D eigenvalue weighted by Crippen LogP contribution is 2.46. The van der Waals surface area contributed by atoms with Crippen molar-refractivity contribution in [3.05, 3.63) is 70.6 Å².